The molecule has 2 aromatic rings. The van der Waals surface area contributed by atoms with E-state index in [2.05, 4.69) is 20.5 Å². The minimum absolute atomic E-state index is 0. The highest BCUT2D eigenvalue weighted by Crippen LogP contribution is 2.20. The number of piperidine rings is 1. The number of nitrogens with one attached hydrogen (secondary N) is 2. The second-order valence-corrected chi connectivity index (χ2v) is 7.49. The molecule has 32 heavy (non-hydrogen) atoms. The Hall–Kier alpha value is -2.34. The molecule has 3 rings (SSSR count). The summed E-state index contributed by atoms with van der Waals surface area (Å²) in [4.78, 5) is 18.0. The highest BCUT2D eigenvalue weighted by Gasteiger charge is 2.20. The zero-order chi connectivity index (χ0) is 22.2. The molecule has 0 spiro atoms. The molecule has 8 nitrogen and oxygen atoms in total. The molecule has 10 heteroatoms. The van der Waals surface area contributed by atoms with Crippen LogP contribution in [0.25, 0.3) is 0 Å². The number of carbonyl (C=O) groups excluding carboxylic acids is 1. The molecule has 1 aliphatic heterocycles. The molecule has 1 fully saturated rings. The number of furan rings is 1. The summed E-state index contributed by atoms with van der Waals surface area (Å²) in [7, 11) is 1.47. The van der Waals surface area contributed by atoms with Crippen molar-refractivity contribution in [3.63, 3.8) is 0 Å². The van der Waals surface area contributed by atoms with E-state index in [4.69, 9.17) is 14.9 Å². The fourth-order valence-electron chi connectivity index (χ4n) is 3.57. The molecule has 1 aliphatic rings. The van der Waals surface area contributed by atoms with Gasteiger partial charge in [-0.25, -0.2) is 9.38 Å². The first-order valence-corrected chi connectivity index (χ1v) is 10.5. The van der Waals surface area contributed by atoms with Crippen molar-refractivity contribution in [2.75, 3.05) is 26.7 Å². The number of ether oxygens (including phenoxy) is 1. The Labute approximate surface area is 204 Å². The molecule has 1 aromatic heterocycles. The molecule has 176 valence electrons. The quantitative estimate of drug-likeness (QED) is 0.261. The van der Waals surface area contributed by atoms with Crippen molar-refractivity contribution in [2.45, 2.75) is 38.9 Å². The van der Waals surface area contributed by atoms with Crippen LogP contribution in [0, 0.1) is 5.82 Å². The van der Waals surface area contributed by atoms with E-state index in [1.807, 2.05) is 13.0 Å². The molecule has 4 N–H and O–H groups in total. The SMILES string of the molecule is CCNC(=NCc1ccc(C(N)=O)o1)NC1CCN(Cc2ccc(OC)c(F)c2)CC1.I. The third kappa shape index (κ3) is 7.37. The fourth-order valence-corrected chi connectivity index (χ4v) is 3.57. The Balaban J connectivity index is 0.00000363. The summed E-state index contributed by atoms with van der Waals surface area (Å²) >= 11 is 0. The van der Waals surface area contributed by atoms with E-state index in [9.17, 15) is 9.18 Å². The van der Waals surface area contributed by atoms with Gasteiger partial charge in [-0.1, -0.05) is 6.07 Å². The zero-order valence-electron chi connectivity index (χ0n) is 18.4. The minimum atomic E-state index is -0.593. The van der Waals surface area contributed by atoms with Crippen molar-refractivity contribution in [3.05, 3.63) is 53.2 Å². The Morgan fingerprint density at radius 1 is 1.31 bits per heavy atom. The van der Waals surface area contributed by atoms with Crippen molar-refractivity contribution in [1.29, 1.82) is 0 Å². The summed E-state index contributed by atoms with van der Waals surface area (Å²) in [6.45, 7) is 5.58. The predicted octanol–water partition coefficient (Wildman–Crippen LogP) is 2.86. The third-order valence-electron chi connectivity index (χ3n) is 5.19. The fraction of sp³-hybridized carbons (Fsp3) is 0.455. The van der Waals surface area contributed by atoms with Crippen LogP contribution in [0.5, 0.6) is 5.75 Å². The van der Waals surface area contributed by atoms with Crippen LogP contribution in [0.15, 0.2) is 39.7 Å². The molecule has 0 saturated carbocycles. The van der Waals surface area contributed by atoms with Crippen molar-refractivity contribution in [3.8, 4) is 5.75 Å². The Bertz CT molecular complexity index is 913. The standard InChI is InChI=1S/C22H30FN5O3.HI/c1-3-25-22(26-13-17-5-7-20(31-17)21(24)29)27-16-8-10-28(11-9-16)14-15-4-6-19(30-2)18(23)12-15;/h4-7,12,16H,3,8-11,13-14H2,1-2H3,(H2,24,29)(H2,25,26,27);1H. The number of halogens is 2. The summed E-state index contributed by atoms with van der Waals surface area (Å²) in [6, 6.07) is 8.66. The van der Waals surface area contributed by atoms with Crippen molar-refractivity contribution < 1.29 is 18.3 Å². The number of nitrogens with zero attached hydrogens (tertiary/aromatic N) is 2. The highest BCUT2D eigenvalue weighted by atomic mass is 127. The lowest BCUT2D eigenvalue weighted by atomic mass is 10.0. The largest absolute Gasteiger partial charge is 0.494 e. The topological polar surface area (TPSA) is 105 Å². The Morgan fingerprint density at radius 3 is 2.66 bits per heavy atom. The van der Waals surface area contributed by atoms with Crippen molar-refractivity contribution >= 4 is 35.8 Å². The molecule has 0 bridgehead atoms. The average Bonchev–Trinajstić information content (AvgIpc) is 3.23. The van der Waals surface area contributed by atoms with Crippen molar-refractivity contribution in [2.24, 2.45) is 10.7 Å². The summed E-state index contributed by atoms with van der Waals surface area (Å²) in [5.74, 6) is 0.754. The maximum atomic E-state index is 13.9. The van der Waals surface area contributed by atoms with Crippen LogP contribution < -0.4 is 21.1 Å². The van der Waals surface area contributed by atoms with E-state index in [0.29, 0.717) is 30.9 Å². The smallest absolute Gasteiger partial charge is 0.284 e. The number of benzene rings is 1. The highest BCUT2D eigenvalue weighted by molar-refractivity contribution is 14.0. The third-order valence-corrected chi connectivity index (χ3v) is 5.19. The van der Waals surface area contributed by atoms with Crippen LogP contribution in [-0.4, -0.2) is 49.6 Å². The van der Waals surface area contributed by atoms with Gasteiger partial charge in [0, 0.05) is 32.2 Å². The molecule has 0 atom stereocenters. The summed E-state index contributed by atoms with van der Waals surface area (Å²) in [5, 5.41) is 6.70. The molecule has 0 radical (unpaired) electrons. The summed E-state index contributed by atoms with van der Waals surface area (Å²) in [6.07, 6.45) is 1.91. The number of carbonyl (C=O) groups is 1. The molecule has 0 aliphatic carbocycles. The predicted molar refractivity (Wildman–Crippen MR) is 132 cm³/mol. The lowest BCUT2D eigenvalue weighted by Crippen LogP contribution is -2.48. The van der Waals surface area contributed by atoms with Gasteiger partial charge in [-0.3, -0.25) is 9.69 Å². The number of hydrogen-bond donors (Lipinski definition) is 3. The van der Waals surface area contributed by atoms with Gasteiger partial charge in [-0.15, -0.1) is 24.0 Å². The molecule has 1 saturated heterocycles. The van der Waals surface area contributed by atoms with E-state index < -0.39 is 5.91 Å². The first-order chi connectivity index (χ1) is 15.0. The molecular formula is C22H31FIN5O3. The minimum Gasteiger partial charge on any atom is -0.494 e. The van der Waals surface area contributed by atoms with Crippen molar-refractivity contribution in [1.82, 2.24) is 15.5 Å². The van der Waals surface area contributed by atoms with Crippen LogP contribution in [0.1, 0.15) is 41.6 Å². The van der Waals surface area contributed by atoms with Crippen LogP contribution >= 0.6 is 24.0 Å². The lowest BCUT2D eigenvalue weighted by Gasteiger charge is -2.33. The van der Waals surface area contributed by atoms with Gasteiger partial charge >= 0.3 is 0 Å². The van der Waals surface area contributed by atoms with Gasteiger partial charge in [0.15, 0.2) is 23.3 Å². The number of methoxy groups -OCH3 is 1. The van der Waals surface area contributed by atoms with E-state index in [0.717, 1.165) is 38.0 Å². The molecule has 1 aromatic carbocycles. The van der Waals surface area contributed by atoms with Crippen LogP contribution in [0.3, 0.4) is 0 Å². The van der Waals surface area contributed by atoms with Crippen LogP contribution in [0.4, 0.5) is 4.39 Å². The number of aliphatic imine (C=N–C) groups is 1. The van der Waals surface area contributed by atoms with Gasteiger partial charge in [0.2, 0.25) is 0 Å². The number of nitrogens with two attached hydrogens (primary N) is 1. The average molecular weight is 559 g/mol. The number of guanidine groups is 1. The van der Waals surface area contributed by atoms with E-state index in [1.165, 1.54) is 13.2 Å². The van der Waals surface area contributed by atoms with Gasteiger partial charge in [-0.2, -0.15) is 0 Å². The molecular weight excluding hydrogens is 528 g/mol. The molecule has 1 amide bonds. The van der Waals surface area contributed by atoms with Crippen LogP contribution in [-0.2, 0) is 13.1 Å². The zero-order valence-corrected chi connectivity index (χ0v) is 20.7. The first kappa shape index (κ1) is 25.9. The monoisotopic (exact) mass is 559 g/mol. The number of amides is 1. The lowest BCUT2D eigenvalue weighted by molar-refractivity contribution is 0.0972. The number of likely N-dealkylation sites (tertiary alicyclic amines) is 1. The van der Waals surface area contributed by atoms with Crippen LogP contribution in [0.2, 0.25) is 0 Å². The van der Waals surface area contributed by atoms with E-state index in [1.54, 1.807) is 18.2 Å². The Morgan fingerprint density at radius 2 is 2.06 bits per heavy atom. The summed E-state index contributed by atoms with van der Waals surface area (Å²) < 4.78 is 24.3. The first-order valence-electron chi connectivity index (χ1n) is 10.5. The van der Waals surface area contributed by atoms with Gasteiger partial charge in [0.1, 0.15) is 12.3 Å². The van der Waals surface area contributed by atoms with Gasteiger partial charge in [0.05, 0.1) is 7.11 Å². The second kappa shape index (κ2) is 12.6. The second-order valence-electron chi connectivity index (χ2n) is 7.49. The van der Waals surface area contributed by atoms with E-state index >= 15 is 0 Å². The summed E-state index contributed by atoms with van der Waals surface area (Å²) in [5.41, 5.74) is 6.15. The van der Waals surface area contributed by atoms with Gasteiger partial charge in [-0.05, 0) is 49.6 Å². The maximum absolute atomic E-state index is 13.9. The number of primary amides is 1. The van der Waals surface area contributed by atoms with Gasteiger partial charge < -0.3 is 25.5 Å². The number of rotatable bonds is 8. The molecule has 0 unspecified atom stereocenters. The van der Waals surface area contributed by atoms with E-state index in [-0.39, 0.29) is 41.3 Å². The van der Waals surface area contributed by atoms with Gasteiger partial charge in [0.25, 0.3) is 5.91 Å². The molecule has 2 heterocycles. The Kier molecular flexibility index (Phi) is 10.2. The normalized spacial score (nSPS) is 15.2. The number of hydrogen-bond acceptors (Lipinski definition) is 5. The maximum Gasteiger partial charge on any atom is 0.284 e.